The number of rotatable bonds is 2. The van der Waals surface area contributed by atoms with Gasteiger partial charge in [-0.2, -0.15) is 0 Å². The standard InChI is InChI=1S/C16H20ClFN2O2/c1-19-15-8-20(6-5-11(15)9-22-10-16(19)21)7-12-13(17)3-2-4-14(12)18/h2-4,11,15H,5-10H2,1H3/t11-,15-/m0/s1. The molecular weight excluding hydrogens is 307 g/mol. The van der Waals surface area contributed by atoms with Gasteiger partial charge in [-0.15, -0.1) is 0 Å². The molecule has 2 aliphatic rings. The number of likely N-dealkylation sites (tertiary alicyclic amines) is 1. The Morgan fingerprint density at radius 3 is 3.05 bits per heavy atom. The predicted molar refractivity (Wildman–Crippen MR) is 82.2 cm³/mol. The fraction of sp³-hybridized carbons (Fsp3) is 0.562. The molecule has 22 heavy (non-hydrogen) atoms. The van der Waals surface area contributed by atoms with E-state index in [0.29, 0.717) is 29.7 Å². The van der Waals surface area contributed by atoms with Gasteiger partial charge >= 0.3 is 0 Å². The molecule has 0 bridgehead atoms. The second-order valence-electron chi connectivity index (χ2n) is 6.07. The van der Waals surface area contributed by atoms with E-state index < -0.39 is 0 Å². The number of benzene rings is 1. The average molecular weight is 327 g/mol. The number of ether oxygens (including phenoxy) is 1. The molecule has 4 nitrogen and oxygen atoms in total. The number of piperidine rings is 1. The summed E-state index contributed by atoms with van der Waals surface area (Å²) in [4.78, 5) is 15.9. The Kier molecular flexibility index (Phi) is 4.66. The average Bonchev–Trinajstić information content (AvgIpc) is 2.64. The van der Waals surface area contributed by atoms with E-state index >= 15 is 0 Å². The molecule has 6 heteroatoms. The second-order valence-corrected chi connectivity index (χ2v) is 6.48. The number of fused-ring (bicyclic) bond motifs is 1. The van der Waals surface area contributed by atoms with E-state index in [-0.39, 0.29) is 24.4 Å². The van der Waals surface area contributed by atoms with Crippen molar-refractivity contribution >= 4 is 17.5 Å². The molecule has 0 N–H and O–H groups in total. The van der Waals surface area contributed by atoms with E-state index in [0.717, 1.165) is 19.5 Å². The summed E-state index contributed by atoms with van der Waals surface area (Å²) in [5.41, 5.74) is 0.529. The highest BCUT2D eigenvalue weighted by Gasteiger charge is 2.36. The quantitative estimate of drug-likeness (QED) is 0.835. The van der Waals surface area contributed by atoms with Crippen LogP contribution in [-0.4, -0.2) is 55.1 Å². The van der Waals surface area contributed by atoms with Crippen molar-refractivity contribution in [3.63, 3.8) is 0 Å². The van der Waals surface area contributed by atoms with Crippen LogP contribution in [0.4, 0.5) is 4.39 Å². The monoisotopic (exact) mass is 326 g/mol. The van der Waals surface area contributed by atoms with Crippen LogP contribution in [0.25, 0.3) is 0 Å². The number of hydrogen-bond donors (Lipinski definition) is 0. The molecule has 0 unspecified atom stereocenters. The van der Waals surface area contributed by atoms with Crippen molar-refractivity contribution in [2.45, 2.75) is 19.0 Å². The first-order valence-corrected chi connectivity index (χ1v) is 7.92. The summed E-state index contributed by atoms with van der Waals surface area (Å²) in [6, 6.07) is 4.88. The first-order chi connectivity index (χ1) is 10.6. The molecule has 0 aliphatic carbocycles. The maximum absolute atomic E-state index is 13.9. The Bertz CT molecular complexity index is 549. The zero-order valence-electron chi connectivity index (χ0n) is 12.6. The first kappa shape index (κ1) is 15.7. The summed E-state index contributed by atoms with van der Waals surface area (Å²) >= 11 is 6.11. The summed E-state index contributed by atoms with van der Waals surface area (Å²) < 4.78 is 19.4. The number of hydrogen-bond acceptors (Lipinski definition) is 3. The van der Waals surface area contributed by atoms with Crippen molar-refractivity contribution in [3.8, 4) is 0 Å². The Labute approximate surface area is 134 Å². The van der Waals surface area contributed by atoms with Gasteiger partial charge in [-0.3, -0.25) is 9.69 Å². The third kappa shape index (κ3) is 3.12. The molecule has 2 fully saturated rings. The number of halogens is 2. The van der Waals surface area contributed by atoms with Crippen molar-refractivity contribution in [3.05, 3.63) is 34.6 Å². The molecular formula is C16H20ClFN2O2. The molecule has 1 aromatic rings. The van der Waals surface area contributed by atoms with Crippen LogP contribution in [0.2, 0.25) is 5.02 Å². The van der Waals surface area contributed by atoms with Crippen molar-refractivity contribution in [1.82, 2.24) is 9.80 Å². The summed E-state index contributed by atoms with van der Waals surface area (Å²) in [5, 5.41) is 0.454. The van der Waals surface area contributed by atoms with Crippen LogP contribution in [0.3, 0.4) is 0 Å². The number of carbonyl (C=O) groups is 1. The van der Waals surface area contributed by atoms with Crippen LogP contribution < -0.4 is 0 Å². The number of likely N-dealkylation sites (N-methyl/N-ethyl adjacent to an activating group) is 1. The zero-order valence-corrected chi connectivity index (χ0v) is 13.4. The normalized spacial score (nSPS) is 26.7. The van der Waals surface area contributed by atoms with Crippen LogP contribution in [0.15, 0.2) is 18.2 Å². The Hall–Kier alpha value is -1.17. The van der Waals surface area contributed by atoms with Gasteiger partial charge in [0, 0.05) is 42.7 Å². The molecule has 2 heterocycles. The van der Waals surface area contributed by atoms with Gasteiger partial charge in [-0.25, -0.2) is 4.39 Å². The molecule has 2 saturated heterocycles. The molecule has 2 aliphatic heterocycles. The molecule has 2 atom stereocenters. The molecule has 0 aromatic heterocycles. The minimum Gasteiger partial charge on any atom is -0.371 e. The van der Waals surface area contributed by atoms with Gasteiger partial charge in [0.1, 0.15) is 12.4 Å². The number of amides is 1. The highest BCUT2D eigenvalue weighted by atomic mass is 35.5. The lowest BCUT2D eigenvalue weighted by atomic mass is 9.91. The lowest BCUT2D eigenvalue weighted by Crippen LogP contribution is -2.52. The van der Waals surface area contributed by atoms with Gasteiger partial charge in [0.15, 0.2) is 0 Å². The summed E-state index contributed by atoms with van der Waals surface area (Å²) in [6.07, 6.45) is 0.939. The van der Waals surface area contributed by atoms with Crippen molar-refractivity contribution in [2.24, 2.45) is 5.92 Å². The largest absolute Gasteiger partial charge is 0.371 e. The molecule has 1 aromatic carbocycles. The maximum Gasteiger partial charge on any atom is 0.248 e. The fourth-order valence-electron chi connectivity index (χ4n) is 3.31. The summed E-state index contributed by atoms with van der Waals surface area (Å²) in [5.74, 6) is 0.0883. The van der Waals surface area contributed by atoms with E-state index in [4.69, 9.17) is 16.3 Å². The molecule has 1 amide bonds. The van der Waals surface area contributed by atoms with Gasteiger partial charge in [0.05, 0.1) is 6.61 Å². The van der Waals surface area contributed by atoms with Gasteiger partial charge < -0.3 is 9.64 Å². The molecule has 0 spiro atoms. The van der Waals surface area contributed by atoms with E-state index in [1.807, 2.05) is 7.05 Å². The Balaban J connectivity index is 1.73. The van der Waals surface area contributed by atoms with E-state index in [1.54, 1.807) is 17.0 Å². The predicted octanol–water partition coefficient (Wildman–Crippen LogP) is 2.16. The molecule has 120 valence electrons. The van der Waals surface area contributed by atoms with Crippen LogP contribution >= 0.6 is 11.6 Å². The van der Waals surface area contributed by atoms with E-state index in [2.05, 4.69) is 4.90 Å². The lowest BCUT2D eigenvalue weighted by Gasteiger charge is -2.41. The van der Waals surface area contributed by atoms with E-state index in [9.17, 15) is 9.18 Å². The maximum atomic E-state index is 13.9. The van der Waals surface area contributed by atoms with E-state index in [1.165, 1.54) is 6.07 Å². The van der Waals surface area contributed by atoms with Crippen molar-refractivity contribution in [2.75, 3.05) is 33.4 Å². The van der Waals surface area contributed by atoms with Crippen LogP contribution in [0, 0.1) is 11.7 Å². The van der Waals surface area contributed by atoms with Crippen LogP contribution in [0.1, 0.15) is 12.0 Å². The number of carbonyl (C=O) groups excluding carboxylic acids is 1. The third-order valence-corrected chi connectivity index (χ3v) is 5.05. The first-order valence-electron chi connectivity index (χ1n) is 7.55. The summed E-state index contributed by atoms with van der Waals surface area (Å²) in [7, 11) is 1.83. The Morgan fingerprint density at radius 1 is 1.45 bits per heavy atom. The Morgan fingerprint density at radius 2 is 2.27 bits per heavy atom. The minimum absolute atomic E-state index is 0.0123. The smallest absolute Gasteiger partial charge is 0.248 e. The molecule has 0 radical (unpaired) electrons. The van der Waals surface area contributed by atoms with Gasteiger partial charge in [0.2, 0.25) is 5.91 Å². The lowest BCUT2D eigenvalue weighted by molar-refractivity contribution is -0.134. The molecule has 0 saturated carbocycles. The van der Waals surface area contributed by atoms with Gasteiger partial charge in [-0.05, 0) is 25.1 Å². The van der Waals surface area contributed by atoms with Crippen LogP contribution in [0.5, 0.6) is 0 Å². The fourth-order valence-corrected chi connectivity index (χ4v) is 3.54. The van der Waals surface area contributed by atoms with Gasteiger partial charge in [0.25, 0.3) is 0 Å². The van der Waals surface area contributed by atoms with Crippen molar-refractivity contribution in [1.29, 1.82) is 0 Å². The van der Waals surface area contributed by atoms with Gasteiger partial charge in [-0.1, -0.05) is 17.7 Å². The number of nitrogens with zero attached hydrogens (tertiary/aromatic N) is 2. The van der Waals surface area contributed by atoms with Crippen LogP contribution in [-0.2, 0) is 16.1 Å². The second kappa shape index (κ2) is 6.52. The zero-order chi connectivity index (χ0) is 15.7. The molecule has 3 rings (SSSR count). The van der Waals surface area contributed by atoms with Crippen molar-refractivity contribution < 1.29 is 13.9 Å². The topological polar surface area (TPSA) is 32.8 Å². The SMILES string of the molecule is CN1C(=O)COC[C@@H]2CCN(Cc3c(F)cccc3Cl)C[C@@H]21. The highest BCUT2D eigenvalue weighted by molar-refractivity contribution is 6.31. The highest BCUT2D eigenvalue weighted by Crippen LogP contribution is 2.27. The third-order valence-electron chi connectivity index (χ3n) is 4.70. The summed E-state index contributed by atoms with van der Waals surface area (Å²) in [6.45, 7) is 2.83. The minimum atomic E-state index is -0.275.